The second-order valence-electron chi connectivity index (χ2n) is 5.35. The van der Waals surface area contributed by atoms with Crippen LogP contribution in [0.25, 0.3) is 0 Å². The molecule has 1 saturated heterocycles. The van der Waals surface area contributed by atoms with E-state index < -0.39 is 0 Å². The Labute approximate surface area is 103 Å². The molecule has 3 atom stereocenters. The van der Waals surface area contributed by atoms with E-state index in [1.807, 2.05) is 0 Å². The monoisotopic (exact) mass is 240 g/mol. The van der Waals surface area contributed by atoms with Crippen LogP contribution in [0, 0.1) is 5.92 Å². The fraction of sp³-hybridized carbons (Fsp3) is 0.923. The lowest BCUT2D eigenvalue weighted by molar-refractivity contribution is -0.125. The van der Waals surface area contributed by atoms with Gasteiger partial charge in [0, 0.05) is 19.2 Å². The summed E-state index contributed by atoms with van der Waals surface area (Å²) in [4.78, 5) is 11.7. The molecular formula is C13H24N2O2. The van der Waals surface area contributed by atoms with Crippen molar-refractivity contribution in [1.82, 2.24) is 5.32 Å². The molecule has 17 heavy (non-hydrogen) atoms. The van der Waals surface area contributed by atoms with Crippen LogP contribution in [-0.4, -0.2) is 31.2 Å². The van der Waals surface area contributed by atoms with E-state index in [-0.39, 0.29) is 18.1 Å². The van der Waals surface area contributed by atoms with Gasteiger partial charge in [0.05, 0.1) is 12.5 Å². The Morgan fingerprint density at radius 2 is 2.12 bits per heavy atom. The predicted octanol–water partition coefficient (Wildman–Crippen LogP) is 1.19. The number of nitrogens with two attached hydrogens (primary N) is 1. The average molecular weight is 240 g/mol. The number of carbonyl (C=O) groups is 1. The first-order valence-corrected chi connectivity index (χ1v) is 6.89. The maximum atomic E-state index is 11.7. The van der Waals surface area contributed by atoms with E-state index in [0.29, 0.717) is 12.3 Å². The lowest BCUT2D eigenvalue weighted by Crippen LogP contribution is -2.37. The molecule has 2 aliphatic rings. The fourth-order valence-electron chi connectivity index (χ4n) is 2.81. The Morgan fingerprint density at radius 1 is 1.24 bits per heavy atom. The molecule has 3 N–H and O–H groups in total. The van der Waals surface area contributed by atoms with Crippen LogP contribution < -0.4 is 11.1 Å². The number of hydrogen-bond donors (Lipinski definition) is 2. The SMILES string of the molecule is NC1CCCC1CNC(=O)CC1CCCCO1. The van der Waals surface area contributed by atoms with Crippen LogP contribution in [0.3, 0.4) is 0 Å². The molecule has 0 aromatic rings. The Hall–Kier alpha value is -0.610. The molecule has 1 aliphatic heterocycles. The molecule has 2 fully saturated rings. The zero-order chi connectivity index (χ0) is 12.1. The van der Waals surface area contributed by atoms with Crippen LogP contribution in [0.15, 0.2) is 0 Å². The maximum Gasteiger partial charge on any atom is 0.222 e. The summed E-state index contributed by atoms with van der Waals surface area (Å²) in [7, 11) is 0. The summed E-state index contributed by atoms with van der Waals surface area (Å²) >= 11 is 0. The summed E-state index contributed by atoms with van der Waals surface area (Å²) in [5, 5.41) is 3.00. The number of nitrogens with one attached hydrogen (secondary N) is 1. The third kappa shape index (κ3) is 3.96. The van der Waals surface area contributed by atoms with E-state index >= 15 is 0 Å². The van der Waals surface area contributed by atoms with Gasteiger partial charge in [0.1, 0.15) is 0 Å². The largest absolute Gasteiger partial charge is 0.378 e. The minimum atomic E-state index is 0.121. The van der Waals surface area contributed by atoms with Gasteiger partial charge in [-0.25, -0.2) is 0 Å². The summed E-state index contributed by atoms with van der Waals surface area (Å²) in [6.07, 6.45) is 7.46. The Balaban J connectivity index is 1.63. The normalized spacial score (nSPS) is 33.6. The first-order valence-electron chi connectivity index (χ1n) is 6.89. The number of carbonyl (C=O) groups excluding carboxylic acids is 1. The highest BCUT2D eigenvalue weighted by molar-refractivity contribution is 5.76. The van der Waals surface area contributed by atoms with Gasteiger partial charge in [-0.2, -0.15) is 0 Å². The molecule has 1 amide bonds. The predicted molar refractivity (Wildman–Crippen MR) is 66.5 cm³/mol. The van der Waals surface area contributed by atoms with E-state index in [1.165, 1.54) is 12.8 Å². The highest BCUT2D eigenvalue weighted by Gasteiger charge is 2.24. The van der Waals surface area contributed by atoms with Crippen LogP contribution in [0.4, 0.5) is 0 Å². The zero-order valence-corrected chi connectivity index (χ0v) is 10.5. The minimum absolute atomic E-state index is 0.121. The lowest BCUT2D eigenvalue weighted by atomic mass is 10.0. The first-order chi connectivity index (χ1) is 8.25. The summed E-state index contributed by atoms with van der Waals surface area (Å²) in [5.74, 6) is 0.599. The Bertz CT molecular complexity index is 252. The molecule has 0 radical (unpaired) electrons. The standard InChI is InChI=1S/C13H24N2O2/c14-12-6-3-4-10(12)9-15-13(16)8-11-5-1-2-7-17-11/h10-12H,1-9,14H2,(H,15,16). The van der Waals surface area contributed by atoms with Crippen LogP contribution >= 0.6 is 0 Å². The van der Waals surface area contributed by atoms with E-state index in [9.17, 15) is 4.79 Å². The second kappa shape index (κ2) is 6.36. The van der Waals surface area contributed by atoms with Gasteiger partial charge in [0.2, 0.25) is 5.91 Å². The zero-order valence-electron chi connectivity index (χ0n) is 10.5. The molecule has 2 rings (SSSR count). The van der Waals surface area contributed by atoms with Crippen molar-refractivity contribution in [2.45, 2.75) is 57.1 Å². The minimum Gasteiger partial charge on any atom is -0.378 e. The molecule has 4 nitrogen and oxygen atoms in total. The summed E-state index contributed by atoms with van der Waals surface area (Å²) < 4.78 is 5.56. The van der Waals surface area contributed by atoms with Crippen molar-refractivity contribution in [3.05, 3.63) is 0 Å². The Kier molecular flexibility index (Phi) is 4.80. The lowest BCUT2D eigenvalue weighted by Gasteiger charge is -2.22. The smallest absolute Gasteiger partial charge is 0.222 e. The number of hydrogen-bond acceptors (Lipinski definition) is 3. The van der Waals surface area contributed by atoms with Crippen molar-refractivity contribution in [1.29, 1.82) is 0 Å². The van der Waals surface area contributed by atoms with Crippen LogP contribution in [0.1, 0.15) is 44.9 Å². The highest BCUT2D eigenvalue weighted by Crippen LogP contribution is 2.23. The van der Waals surface area contributed by atoms with E-state index in [2.05, 4.69) is 5.32 Å². The van der Waals surface area contributed by atoms with Gasteiger partial charge in [-0.1, -0.05) is 6.42 Å². The third-order valence-electron chi connectivity index (χ3n) is 3.97. The number of rotatable bonds is 4. The molecular weight excluding hydrogens is 216 g/mol. The van der Waals surface area contributed by atoms with Gasteiger partial charge in [-0.3, -0.25) is 4.79 Å². The third-order valence-corrected chi connectivity index (χ3v) is 3.97. The van der Waals surface area contributed by atoms with E-state index in [1.54, 1.807) is 0 Å². The molecule has 1 aliphatic carbocycles. The molecule has 98 valence electrons. The second-order valence-corrected chi connectivity index (χ2v) is 5.35. The van der Waals surface area contributed by atoms with Gasteiger partial charge >= 0.3 is 0 Å². The maximum absolute atomic E-state index is 11.7. The van der Waals surface area contributed by atoms with Crippen LogP contribution in [-0.2, 0) is 9.53 Å². The fourth-order valence-corrected chi connectivity index (χ4v) is 2.81. The summed E-state index contributed by atoms with van der Waals surface area (Å²) in [5.41, 5.74) is 5.97. The van der Waals surface area contributed by atoms with Crippen molar-refractivity contribution < 1.29 is 9.53 Å². The topological polar surface area (TPSA) is 64.3 Å². The molecule has 0 aromatic carbocycles. The van der Waals surface area contributed by atoms with Gasteiger partial charge in [-0.15, -0.1) is 0 Å². The van der Waals surface area contributed by atoms with Crippen molar-refractivity contribution >= 4 is 5.91 Å². The number of ether oxygens (including phenoxy) is 1. The van der Waals surface area contributed by atoms with Gasteiger partial charge in [0.15, 0.2) is 0 Å². The van der Waals surface area contributed by atoms with Crippen molar-refractivity contribution in [2.24, 2.45) is 11.7 Å². The molecule has 1 saturated carbocycles. The van der Waals surface area contributed by atoms with Crippen molar-refractivity contribution in [3.63, 3.8) is 0 Å². The quantitative estimate of drug-likeness (QED) is 0.776. The van der Waals surface area contributed by atoms with Crippen LogP contribution in [0.2, 0.25) is 0 Å². The first kappa shape index (κ1) is 12.8. The van der Waals surface area contributed by atoms with Gasteiger partial charge in [-0.05, 0) is 38.0 Å². The molecule has 1 heterocycles. The van der Waals surface area contributed by atoms with Crippen molar-refractivity contribution in [3.8, 4) is 0 Å². The molecule has 3 unspecified atom stereocenters. The van der Waals surface area contributed by atoms with Crippen LogP contribution in [0.5, 0.6) is 0 Å². The summed E-state index contributed by atoms with van der Waals surface area (Å²) in [6.45, 7) is 1.55. The summed E-state index contributed by atoms with van der Waals surface area (Å²) in [6, 6.07) is 0.279. The number of amides is 1. The highest BCUT2D eigenvalue weighted by atomic mass is 16.5. The molecule has 0 spiro atoms. The molecule has 4 heteroatoms. The Morgan fingerprint density at radius 3 is 2.76 bits per heavy atom. The van der Waals surface area contributed by atoms with Gasteiger partial charge in [0.25, 0.3) is 0 Å². The van der Waals surface area contributed by atoms with Crippen molar-refractivity contribution in [2.75, 3.05) is 13.2 Å². The van der Waals surface area contributed by atoms with E-state index in [0.717, 1.165) is 38.8 Å². The van der Waals surface area contributed by atoms with E-state index in [4.69, 9.17) is 10.5 Å². The average Bonchev–Trinajstić information content (AvgIpc) is 2.74. The molecule has 0 aromatic heterocycles. The molecule has 0 bridgehead atoms. The van der Waals surface area contributed by atoms with Gasteiger partial charge < -0.3 is 15.8 Å².